The molecule has 0 bridgehead atoms. The van der Waals surface area contributed by atoms with Gasteiger partial charge in [-0.2, -0.15) is 0 Å². The van der Waals surface area contributed by atoms with Gasteiger partial charge in [-0.25, -0.2) is 0 Å². The highest BCUT2D eigenvalue weighted by Gasteiger charge is 2.51. The van der Waals surface area contributed by atoms with Gasteiger partial charge in [-0.3, -0.25) is 0 Å². The topological polar surface area (TPSA) is 38.7 Å². The van der Waals surface area contributed by atoms with Crippen molar-refractivity contribution in [2.75, 3.05) is 0 Å². The maximum absolute atomic E-state index is 8.96. The Balaban J connectivity index is 0.000000561. The standard InChI is InChI=1S/C6H13BO3.C2H6/c1-5(2)6(3,4)10-7(8)9-5;1-2/h8H,1-4H3;1-2H3. The van der Waals surface area contributed by atoms with E-state index in [2.05, 4.69) is 0 Å². The normalized spacial score (nSPS) is 24.8. The molecule has 4 heteroatoms. The lowest BCUT2D eigenvalue weighted by Gasteiger charge is -2.31. The minimum absolute atomic E-state index is 0.410. The fraction of sp³-hybridized carbons (Fsp3) is 1.00. The van der Waals surface area contributed by atoms with Crippen molar-refractivity contribution in [1.82, 2.24) is 0 Å². The maximum atomic E-state index is 8.96. The van der Waals surface area contributed by atoms with Gasteiger partial charge in [-0.15, -0.1) is 0 Å². The lowest BCUT2D eigenvalue weighted by molar-refractivity contribution is 0.00578. The summed E-state index contributed by atoms with van der Waals surface area (Å²) in [5.74, 6) is 0. The number of rotatable bonds is 0. The molecule has 0 aliphatic carbocycles. The summed E-state index contributed by atoms with van der Waals surface area (Å²) >= 11 is 0. The SMILES string of the molecule is CC.CC1(C)OB(O)OC1(C)C. The smallest absolute Gasteiger partial charge is 0.402 e. The fourth-order valence-corrected chi connectivity index (χ4v) is 0.812. The van der Waals surface area contributed by atoms with Crippen LogP contribution in [0.1, 0.15) is 41.5 Å². The third-order valence-electron chi connectivity index (χ3n) is 2.24. The van der Waals surface area contributed by atoms with E-state index < -0.39 is 18.5 Å². The second-order valence-corrected chi connectivity index (χ2v) is 3.56. The first-order valence-corrected chi connectivity index (χ1v) is 4.39. The quantitative estimate of drug-likeness (QED) is 0.566. The maximum Gasteiger partial charge on any atom is 0.637 e. The van der Waals surface area contributed by atoms with Crippen molar-refractivity contribution >= 4 is 7.32 Å². The molecule has 0 amide bonds. The van der Waals surface area contributed by atoms with E-state index in [1.165, 1.54) is 0 Å². The molecule has 1 aliphatic rings. The minimum atomic E-state index is -1.06. The molecule has 0 aromatic carbocycles. The molecular weight excluding hydrogens is 155 g/mol. The van der Waals surface area contributed by atoms with Crippen LogP contribution >= 0.6 is 0 Å². The molecular formula is C8H19BO3. The lowest BCUT2D eigenvalue weighted by atomic mass is 9.90. The zero-order valence-corrected chi connectivity index (χ0v) is 8.84. The van der Waals surface area contributed by atoms with Crippen LogP contribution in [-0.2, 0) is 9.31 Å². The summed E-state index contributed by atoms with van der Waals surface area (Å²) in [6.45, 7) is 11.6. The monoisotopic (exact) mass is 174 g/mol. The van der Waals surface area contributed by atoms with Crippen molar-refractivity contribution in [3.8, 4) is 0 Å². The van der Waals surface area contributed by atoms with Crippen molar-refractivity contribution < 1.29 is 14.3 Å². The molecule has 1 rings (SSSR count). The van der Waals surface area contributed by atoms with Crippen molar-refractivity contribution in [2.24, 2.45) is 0 Å². The van der Waals surface area contributed by atoms with Crippen molar-refractivity contribution in [2.45, 2.75) is 52.7 Å². The largest absolute Gasteiger partial charge is 0.637 e. The lowest BCUT2D eigenvalue weighted by Crippen LogP contribution is -2.41. The molecule has 0 aromatic heterocycles. The zero-order valence-electron chi connectivity index (χ0n) is 8.84. The molecule has 1 aliphatic heterocycles. The molecule has 1 heterocycles. The second kappa shape index (κ2) is 3.77. The Hall–Kier alpha value is -0.0551. The van der Waals surface area contributed by atoms with E-state index in [-0.39, 0.29) is 0 Å². The molecule has 0 unspecified atom stereocenters. The molecule has 1 N–H and O–H groups in total. The number of hydrogen-bond acceptors (Lipinski definition) is 3. The molecule has 0 spiro atoms. The Bertz CT molecular complexity index is 129. The third-order valence-corrected chi connectivity index (χ3v) is 2.24. The first-order valence-electron chi connectivity index (χ1n) is 4.39. The Labute approximate surface area is 75.2 Å². The van der Waals surface area contributed by atoms with Crippen LogP contribution in [0.15, 0.2) is 0 Å². The summed E-state index contributed by atoms with van der Waals surface area (Å²) in [6, 6.07) is 0. The van der Waals surface area contributed by atoms with E-state index >= 15 is 0 Å². The fourth-order valence-electron chi connectivity index (χ4n) is 0.812. The van der Waals surface area contributed by atoms with Crippen LogP contribution in [0.2, 0.25) is 0 Å². The van der Waals surface area contributed by atoms with Gasteiger partial charge in [0.2, 0.25) is 0 Å². The van der Waals surface area contributed by atoms with Gasteiger partial charge < -0.3 is 14.3 Å². The molecule has 1 fully saturated rings. The highest BCUT2D eigenvalue weighted by atomic mass is 16.7. The van der Waals surface area contributed by atoms with E-state index in [4.69, 9.17) is 14.3 Å². The van der Waals surface area contributed by atoms with Gasteiger partial charge in [0.25, 0.3) is 0 Å². The average molecular weight is 174 g/mol. The van der Waals surface area contributed by atoms with Crippen LogP contribution in [0.5, 0.6) is 0 Å². The van der Waals surface area contributed by atoms with E-state index in [1.54, 1.807) is 0 Å². The van der Waals surface area contributed by atoms with Gasteiger partial charge in [0.05, 0.1) is 11.2 Å². The van der Waals surface area contributed by atoms with Gasteiger partial charge in [0.15, 0.2) is 0 Å². The average Bonchev–Trinajstić information content (AvgIpc) is 2.04. The van der Waals surface area contributed by atoms with Gasteiger partial charge in [-0.05, 0) is 27.7 Å². The van der Waals surface area contributed by atoms with Crippen molar-refractivity contribution in [3.63, 3.8) is 0 Å². The molecule has 0 saturated carbocycles. The summed E-state index contributed by atoms with van der Waals surface area (Å²) in [5.41, 5.74) is -0.821. The second-order valence-electron chi connectivity index (χ2n) is 3.56. The predicted octanol–water partition coefficient (Wildman–Crippen LogP) is 1.59. The van der Waals surface area contributed by atoms with Crippen molar-refractivity contribution in [3.05, 3.63) is 0 Å². The number of hydrogen-bond donors (Lipinski definition) is 1. The van der Waals surface area contributed by atoms with Crippen LogP contribution in [0, 0.1) is 0 Å². The van der Waals surface area contributed by atoms with Crippen LogP contribution < -0.4 is 0 Å². The minimum Gasteiger partial charge on any atom is -0.402 e. The Morgan fingerprint density at radius 1 is 0.917 bits per heavy atom. The van der Waals surface area contributed by atoms with E-state index in [1.807, 2.05) is 41.5 Å². The van der Waals surface area contributed by atoms with Gasteiger partial charge in [-0.1, -0.05) is 13.8 Å². The molecule has 1 saturated heterocycles. The molecule has 12 heavy (non-hydrogen) atoms. The van der Waals surface area contributed by atoms with Crippen molar-refractivity contribution in [1.29, 1.82) is 0 Å². The Kier molecular flexibility index (Phi) is 3.75. The summed E-state index contributed by atoms with van der Waals surface area (Å²) in [7, 11) is -1.06. The first kappa shape index (κ1) is 11.9. The Morgan fingerprint density at radius 3 is 1.25 bits per heavy atom. The molecule has 72 valence electrons. The molecule has 0 radical (unpaired) electrons. The van der Waals surface area contributed by atoms with E-state index in [0.717, 1.165) is 0 Å². The highest BCUT2D eigenvalue weighted by molar-refractivity contribution is 6.35. The van der Waals surface area contributed by atoms with Gasteiger partial charge in [0, 0.05) is 0 Å². The molecule has 3 nitrogen and oxygen atoms in total. The highest BCUT2D eigenvalue weighted by Crippen LogP contribution is 2.35. The molecule has 0 atom stereocenters. The van der Waals surface area contributed by atoms with Crippen LogP contribution in [-0.4, -0.2) is 23.5 Å². The van der Waals surface area contributed by atoms with Crippen LogP contribution in [0.3, 0.4) is 0 Å². The van der Waals surface area contributed by atoms with Gasteiger partial charge in [0.1, 0.15) is 0 Å². The van der Waals surface area contributed by atoms with Crippen LogP contribution in [0.25, 0.3) is 0 Å². The predicted molar refractivity (Wildman–Crippen MR) is 49.6 cm³/mol. The van der Waals surface area contributed by atoms with E-state index in [9.17, 15) is 0 Å². The van der Waals surface area contributed by atoms with Gasteiger partial charge >= 0.3 is 7.32 Å². The van der Waals surface area contributed by atoms with Crippen LogP contribution in [0.4, 0.5) is 0 Å². The molecule has 0 aromatic rings. The van der Waals surface area contributed by atoms with E-state index in [0.29, 0.717) is 0 Å². The third kappa shape index (κ3) is 2.22. The zero-order chi connectivity index (χ0) is 9.99. The summed E-state index contributed by atoms with van der Waals surface area (Å²) < 4.78 is 10.2. The summed E-state index contributed by atoms with van der Waals surface area (Å²) in [4.78, 5) is 0. The first-order chi connectivity index (χ1) is 5.35. The summed E-state index contributed by atoms with van der Waals surface area (Å²) in [6.07, 6.45) is 0. The summed E-state index contributed by atoms with van der Waals surface area (Å²) in [5, 5.41) is 8.96. The Morgan fingerprint density at radius 2 is 1.17 bits per heavy atom.